The Balaban J connectivity index is 1.71. The lowest BCUT2D eigenvalue weighted by Gasteiger charge is -2.10. The summed E-state index contributed by atoms with van der Waals surface area (Å²) in [4.78, 5) is 0. The quantitative estimate of drug-likeness (QED) is 0.498. The van der Waals surface area contributed by atoms with E-state index < -0.39 is 0 Å². The molecule has 1 aromatic heterocycles. The smallest absolute Gasteiger partial charge is 0.174 e. The van der Waals surface area contributed by atoms with Crippen molar-refractivity contribution in [2.24, 2.45) is 7.05 Å². The highest BCUT2D eigenvalue weighted by Gasteiger charge is 2.09. The zero-order chi connectivity index (χ0) is 17.9. The first kappa shape index (κ1) is 16.0. The van der Waals surface area contributed by atoms with E-state index in [1.54, 1.807) is 0 Å². The summed E-state index contributed by atoms with van der Waals surface area (Å²) in [5.41, 5.74) is 4.76. The first-order valence-electron chi connectivity index (χ1n) is 8.51. The number of nitriles is 1. The summed E-state index contributed by atoms with van der Waals surface area (Å²) < 4.78 is 7.61. The molecule has 126 valence electrons. The molecule has 0 aliphatic carbocycles. The van der Waals surface area contributed by atoms with E-state index in [4.69, 9.17) is 10.00 Å². The molecular weight excluding hydrogens is 320 g/mol. The minimum Gasteiger partial charge on any atom is -0.479 e. The van der Waals surface area contributed by atoms with Crippen LogP contribution in [-0.2, 0) is 7.05 Å². The Hall–Kier alpha value is -3.51. The molecule has 0 radical (unpaired) electrons. The van der Waals surface area contributed by atoms with E-state index in [0.717, 1.165) is 16.5 Å². The molecule has 0 fully saturated rings. The molecule has 4 rings (SSSR count). The molecule has 0 spiro atoms. The zero-order valence-corrected chi connectivity index (χ0v) is 14.5. The SMILES string of the molecule is Cn1c(-c2ccccc2)ccc1-c1ccc2cc(OCC#N)ccc2c1. The van der Waals surface area contributed by atoms with Gasteiger partial charge in [-0.15, -0.1) is 0 Å². The van der Waals surface area contributed by atoms with Crippen LogP contribution in [-0.4, -0.2) is 11.2 Å². The number of hydrogen-bond acceptors (Lipinski definition) is 2. The molecule has 1 heterocycles. The molecule has 3 nitrogen and oxygen atoms in total. The lowest BCUT2D eigenvalue weighted by atomic mass is 10.0. The van der Waals surface area contributed by atoms with Gasteiger partial charge in [-0.05, 0) is 52.2 Å². The summed E-state index contributed by atoms with van der Waals surface area (Å²) in [6.07, 6.45) is 0. The number of rotatable bonds is 4. The van der Waals surface area contributed by atoms with Crippen LogP contribution in [0.4, 0.5) is 0 Å². The van der Waals surface area contributed by atoms with Gasteiger partial charge in [0, 0.05) is 18.4 Å². The van der Waals surface area contributed by atoms with Gasteiger partial charge in [-0.1, -0.05) is 48.5 Å². The molecule has 0 N–H and O–H groups in total. The largest absolute Gasteiger partial charge is 0.479 e. The fourth-order valence-corrected chi connectivity index (χ4v) is 3.29. The van der Waals surface area contributed by atoms with Crippen LogP contribution in [0.1, 0.15) is 0 Å². The first-order chi connectivity index (χ1) is 12.8. The Bertz CT molecular complexity index is 1100. The van der Waals surface area contributed by atoms with Crippen LogP contribution in [0, 0.1) is 11.3 Å². The summed E-state index contributed by atoms with van der Waals surface area (Å²) in [6, 6.07) is 29.0. The van der Waals surface area contributed by atoms with Crippen molar-refractivity contribution in [3.8, 4) is 34.3 Å². The Morgan fingerprint density at radius 3 is 2.27 bits per heavy atom. The monoisotopic (exact) mass is 338 g/mol. The molecule has 3 aromatic carbocycles. The van der Waals surface area contributed by atoms with Gasteiger partial charge in [0.1, 0.15) is 11.8 Å². The van der Waals surface area contributed by atoms with Gasteiger partial charge in [-0.2, -0.15) is 5.26 Å². The average molecular weight is 338 g/mol. The number of ether oxygens (including phenoxy) is 1. The van der Waals surface area contributed by atoms with Gasteiger partial charge in [0.15, 0.2) is 6.61 Å². The second kappa shape index (κ2) is 6.78. The van der Waals surface area contributed by atoms with Crippen molar-refractivity contribution in [2.45, 2.75) is 0 Å². The van der Waals surface area contributed by atoms with E-state index >= 15 is 0 Å². The Labute approximate surface area is 152 Å². The van der Waals surface area contributed by atoms with Gasteiger partial charge in [0.05, 0.1) is 0 Å². The molecular formula is C23H18N2O. The summed E-state index contributed by atoms with van der Waals surface area (Å²) in [5.74, 6) is 0.719. The molecule has 0 saturated heterocycles. The maximum Gasteiger partial charge on any atom is 0.174 e. The molecule has 4 aromatic rings. The topological polar surface area (TPSA) is 38.0 Å². The third-order valence-corrected chi connectivity index (χ3v) is 4.60. The van der Waals surface area contributed by atoms with Gasteiger partial charge in [-0.25, -0.2) is 0 Å². The van der Waals surface area contributed by atoms with Crippen LogP contribution in [0.5, 0.6) is 5.75 Å². The van der Waals surface area contributed by atoms with Crippen molar-refractivity contribution < 1.29 is 4.74 Å². The molecule has 26 heavy (non-hydrogen) atoms. The van der Waals surface area contributed by atoms with Gasteiger partial charge in [0.2, 0.25) is 0 Å². The highest BCUT2D eigenvalue weighted by molar-refractivity contribution is 5.88. The Morgan fingerprint density at radius 1 is 0.808 bits per heavy atom. The van der Waals surface area contributed by atoms with E-state index in [-0.39, 0.29) is 6.61 Å². The highest BCUT2D eigenvalue weighted by atomic mass is 16.5. The molecule has 0 atom stereocenters. The van der Waals surface area contributed by atoms with Crippen LogP contribution in [0.3, 0.4) is 0 Å². The van der Waals surface area contributed by atoms with Crippen LogP contribution in [0.15, 0.2) is 78.9 Å². The van der Waals surface area contributed by atoms with E-state index in [1.165, 1.54) is 22.5 Å². The summed E-state index contributed by atoms with van der Waals surface area (Å²) in [5, 5.41) is 10.9. The molecule has 0 unspecified atom stereocenters. The fraction of sp³-hybridized carbons (Fsp3) is 0.0870. The van der Waals surface area contributed by atoms with Crippen molar-refractivity contribution in [2.75, 3.05) is 6.61 Å². The van der Waals surface area contributed by atoms with E-state index in [9.17, 15) is 0 Å². The second-order valence-electron chi connectivity index (χ2n) is 6.20. The Kier molecular flexibility index (Phi) is 4.17. The second-order valence-corrected chi connectivity index (χ2v) is 6.20. The van der Waals surface area contributed by atoms with Crippen molar-refractivity contribution >= 4 is 10.8 Å². The normalized spacial score (nSPS) is 10.6. The van der Waals surface area contributed by atoms with E-state index in [1.807, 2.05) is 30.3 Å². The molecule has 0 amide bonds. The van der Waals surface area contributed by atoms with E-state index in [2.05, 4.69) is 66.2 Å². The summed E-state index contributed by atoms with van der Waals surface area (Å²) in [6.45, 7) is 0.0647. The van der Waals surface area contributed by atoms with Crippen molar-refractivity contribution in [3.63, 3.8) is 0 Å². The zero-order valence-electron chi connectivity index (χ0n) is 14.5. The van der Waals surface area contributed by atoms with Gasteiger partial charge >= 0.3 is 0 Å². The third-order valence-electron chi connectivity index (χ3n) is 4.60. The molecule has 0 bridgehead atoms. The third kappa shape index (κ3) is 2.94. The highest BCUT2D eigenvalue weighted by Crippen LogP contribution is 2.30. The van der Waals surface area contributed by atoms with Crippen LogP contribution < -0.4 is 4.74 Å². The molecule has 0 aliphatic rings. The minimum absolute atomic E-state index is 0.0647. The summed E-state index contributed by atoms with van der Waals surface area (Å²) >= 11 is 0. The Morgan fingerprint density at radius 2 is 1.50 bits per heavy atom. The van der Waals surface area contributed by atoms with Crippen molar-refractivity contribution in [1.82, 2.24) is 4.57 Å². The molecule has 0 aliphatic heterocycles. The fourth-order valence-electron chi connectivity index (χ4n) is 3.29. The van der Waals surface area contributed by atoms with Crippen molar-refractivity contribution in [3.05, 3.63) is 78.9 Å². The lowest BCUT2D eigenvalue weighted by Crippen LogP contribution is -1.95. The lowest BCUT2D eigenvalue weighted by molar-refractivity contribution is 0.368. The van der Waals surface area contributed by atoms with E-state index in [0.29, 0.717) is 0 Å². The molecule has 0 saturated carbocycles. The predicted molar refractivity (Wildman–Crippen MR) is 105 cm³/mol. The number of benzene rings is 3. The van der Waals surface area contributed by atoms with Crippen LogP contribution >= 0.6 is 0 Å². The predicted octanol–water partition coefficient (Wildman–Crippen LogP) is 5.41. The number of nitrogens with zero attached hydrogens (tertiary/aromatic N) is 2. The van der Waals surface area contributed by atoms with Gasteiger partial charge in [0.25, 0.3) is 0 Å². The summed E-state index contributed by atoms with van der Waals surface area (Å²) in [7, 11) is 2.10. The minimum atomic E-state index is 0.0647. The number of fused-ring (bicyclic) bond motifs is 1. The maximum absolute atomic E-state index is 8.64. The van der Waals surface area contributed by atoms with Crippen molar-refractivity contribution in [1.29, 1.82) is 5.26 Å². The van der Waals surface area contributed by atoms with Gasteiger partial charge < -0.3 is 9.30 Å². The van der Waals surface area contributed by atoms with Gasteiger partial charge in [-0.3, -0.25) is 0 Å². The molecule has 3 heteroatoms. The first-order valence-corrected chi connectivity index (χ1v) is 8.51. The maximum atomic E-state index is 8.64. The number of hydrogen-bond donors (Lipinski definition) is 0. The van der Waals surface area contributed by atoms with Crippen LogP contribution in [0.2, 0.25) is 0 Å². The standard InChI is InChI=1S/C23H18N2O/c1-25-22(17-5-3-2-4-6-17)11-12-23(25)20-8-7-19-16-21(26-14-13-24)10-9-18(19)15-20/h2-12,15-16H,14H2,1H3. The number of aromatic nitrogens is 1. The van der Waals surface area contributed by atoms with Crippen LogP contribution in [0.25, 0.3) is 33.3 Å². The average Bonchev–Trinajstić information content (AvgIpc) is 3.08.